The molecule has 1 aromatic rings. The molecule has 0 aliphatic rings. The first-order valence-electron chi connectivity index (χ1n) is 7.46. The van der Waals surface area contributed by atoms with Gasteiger partial charge in [0.05, 0.1) is 11.6 Å². The van der Waals surface area contributed by atoms with Crippen LogP contribution in [-0.2, 0) is 11.0 Å². The van der Waals surface area contributed by atoms with Crippen LogP contribution in [0.25, 0.3) is 0 Å². The van der Waals surface area contributed by atoms with Gasteiger partial charge in [-0.3, -0.25) is 4.79 Å². The highest BCUT2D eigenvalue weighted by Gasteiger charge is 2.31. The molecule has 0 radical (unpaired) electrons. The molecule has 0 saturated heterocycles. The number of nitrogens with two attached hydrogens (primary N) is 1. The van der Waals surface area contributed by atoms with Gasteiger partial charge in [0.15, 0.2) is 0 Å². The maximum atomic E-state index is 12.8. The molecular weight excluding hydrogens is 329 g/mol. The molecule has 0 saturated carbocycles. The molecule has 3 nitrogen and oxygen atoms in total. The lowest BCUT2D eigenvalue weighted by molar-refractivity contribution is -0.137. The van der Waals surface area contributed by atoms with Crippen molar-refractivity contribution < 1.29 is 18.0 Å². The van der Waals surface area contributed by atoms with Crippen LogP contribution in [0.4, 0.5) is 13.2 Å². The number of carbonyl (C=O) groups excluding carboxylic acids is 1. The van der Waals surface area contributed by atoms with Crippen molar-refractivity contribution in [2.75, 3.05) is 0 Å². The minimum Gasteiger partial charge on any atom is -0.349 e. The Labute approximate surface area is 141 Å². The number of hydrogen-bond acceptors (Lipinski definition) is 2. The molecule has 1 rings (SSSR count). The Morgan fingerprint density at radius 3 is 2.48 bits per heavy atom. The summed E-state index contributed by atoms with van der Waals surface area (Å²) in [5, 5.41) is 2.81. The predicted octanol–water partition coefficient (Wildman–Crippen LogP) is 4.21. The monoisotopic (exact) mass is 352 g/mol. The number of rotatable bonds is 7. The van der Waals surface area contributed by atoms with Crippen molar-refractivity contribution in [1.29, 1.82) is 0 Å². The van der Waals surface area contributed by atoms with Crippen LogP contribution in [0.3, 0.4) is 0 Å². The van der Waals surface area contributed by atoms with Gasteiger partial charge < -0.3 is 11.1 Å². The summed E-state index contributed by atoms with van der Waals surface area (Å²) in [5.41, 5.74) is 5.38. The number of alkyl halides is 3. The van der Waals surface area contributed by atoms with Gasteiger partial charge in [-0.15, -0.1) is 12.4 Å². The SMILES string of the molecule is CCCC(NC(=O)CCC(C)N)c1cccc(C(F)(F)F)c1.Cl. The second-order valence-corrected chi connectivity index (χ2v) is 5.55. The normalized spacial score (nSPS) is 13.8. The molecule has 23 heavy (non-hydrogen) atoms. The minimum atomic E-state index is -4.38. The lowest BCUT2D eigenvalue weighted by Crippen LogP contribution is -2.30. The van der Waals surface area contributed by atoms with E-state index < -0.39 is 17.8 Å². The fourth-order valence-electron chi connectivity index (χ4n) is 2.17. The van der Waals surface area contributed by atoms with E-state index in [1.807, 2.05) is 13.8 Å². The molecule has 0 aliphatic carbocycles. The average molecular weight is 353 g/mol. The van der Waals surface area contributed by atoms with Gasteiger partial charge in [0.25, 0.3) is 0 Å². The number of benzene rings is 1. The zero-order valence-corrected chi connectivity index (χ0v) is 14.1. The van der Waals surface area contributed by atoms with Crippen molar-refractivity contribution in [1.82, 2.24) is 5.32 Å². The standard InChI is InChI=1S/C16H23F3N2O.ClH/c1-3-5-14(21-15(22)9-8-11(2)20)12-6-4-7-13(10-12)16(17,18)19;/h4,6-7,10-11,14H,3,5,8-9,20H2,1-2H3,(H,21,22);1H. The summed E-state index contributed by atoms with van der Waals surface area (Å²) in [7, 11) is 0. The van der Waals surface area contributed by atoms with E-state index in [0.717, 1.165) is 18.6 Å². The fourth-order valence-corrected chi connectivity index (χ4v) is 2.17. The molecule has 1 aromatic carbocycles. The van der Waals surface area contributed by atoms with Crippen molar-refractivity contribution in [3.05, 3.63) is 35.4 Å². The Hall–Kier alpha value is -1.27. The van der Waals surface area contributed by atoms with Gasteiger partial charge in [-0.1, -0.05) is 25.5 Å². The summed E-state index contributed by atoms with van der Waals surface area (Å²) in [6, 6.07) is 4.63. The third-order valence-corrected chi connectivity index (χ3v) is 3.36. The van der Waals surface area contributed by atoms with Crippen LogP contribution >= 0.6 is 12.4 Å². The van der Waals surface area contributed by atoms with Gasteiger partial charge in [-0.25, -0.2) is 0 Å². The second kappa shape index (κ2) is 9.78. The largest absolute Gasteiger partial charge is 0.416 e. The predicted molar refractivity (Wildman–Crippen MR) is 87.4 cm³/mol. The number of nitrogens with one attached hydrogen (secondary N) is 1. The van der Waals surface area contributed by atoms with E-state index in [1.165, 1.54) is 6.07 Å². The van der Waals surface area contributed by atoms with Gasteiger partial charge in [0.1, 0.15) is 0 Å². The van der Waals surface area contributed by atoms with E-state index >= 15 is 0 Å². The fraction of sp³-hybridized carbons (Fsp3) is 0.562. The highest BCUT2D eigenvalue weighted by atomic mass is 35.5. The zero-order chi connectivity index (χ0) is 16.8. The van der Waals surface area contributed by atoms with E-state index in [9.17, 15) is 18.0 Å². The average Bonchev–Trinajstić information content (AvgIpc) is 2.44. The highest BCUT2D eigenvalue weighted by Crippen LogP contribution is 2.31. The lowest BCUT2D eigenvalue weighted by Gasteiger charge is -2.20. The van der Waals surface area contributed by atoms with Gasteiger partial charge in [-0.2, -0.15) is 13.2 Å². The first-order valence-corrected chi connectivity index (χ1v) is 7.46. The molecule has 0 aromatic heterocycles. The molecule has 1 amide bonds. The van der Waals surface area contributed by atoms with Gasteiger partial charge in [0, 0.05) is 12.5 Å². The van der Waals surface area contributed by atoms with Crippen molar-refractivity contribution in [2.24, 2.45) is 5.73 Å². The van der Waals surface area contributed by atoms with Crippen LogP contribution in [0.15, 0.2) is 24.3 Å². The van der Waals surface area contributed by atoms with Crippen LogP contribution in [0, 0.1) is 0 Å². The highest BCUT2D eigenvalue weighted by molar-refractivity contribution is 5.85. The Morgan fingerprint density at radius 2 is 1.96 bits per heavy atom. The van der Waals surface area contributed by atoms with E-state index in [4.69, 9.17) is 5.73 Å². The second-order valence-electron chi connectivity index (χ2n) is 5.55. The summed E-state index contributed by atoms with van der Waals surface area (Å²) < 4.78 is 38.4. The lowest BCUT2D eigenvalue weighted by atomic mass is 9.99. The van der Waals surface area contributed by atoms with Crippen molar-refractivity contribution >= 4 is 18.3 Å². The minimum absolute atomic E-state index is 0. The van der Waals surface area contributed by atoms with Crippen LogP contribution < -0.4 is 11.1 Å². The Balaban J connectivity index is 0.00000484. The third-order valence-electron chi connectivity index (χ3n) is 3.36. The Bertz CT molecular complexity index is 492. The number of amides is 1. The molecule has 0 aliphatic heterocycles. The summed E-state index contributed by atoms with van der Waals surface area (Å²) in [5.74, 6) is -0.187. The first kappa shape index (κ1) is 21.7. The molecule has 0 heterocycles. The number of hydrogen-bond donors (Lipinski definition) is 2. The van der Waals surface area contributed by atoms with E-state index in [2.05, 4.69) is 5.32 Å². The first-order chi connectivity index (χ1) is 10.2. The Kier molecular flexibility index (Phi) is 9.24. The molecule has 3 N–H and O–H groups in total. The molecular formula is C16H24ClF3N2O. The number of carbonyl (C=O) groups is 1. The zero-order valence-electron chi connectivity index (χ0n) is 13.3. The van der Waals surface area contributed by atoms with Crippen LogP contribution in [0.1, 0.15) is 56.7 Å². The summed E-state index contributed by atoms with van der Waals surface area (Å²) in [6.07, 6.45) is -2.21. The van der Waals surface area contributed by atoms with Crippen molar-refractivity contribution in [3.8, 4) is 0 Å². The quantitative estimate of drug-likeness (QED) is 0.772. The molecule has 0 bridgehead atoms. The molecule has 7 heteroatoms. The van der Waals surface area contributed by atoms with Crippen LogP contribution in [-0.4, -0.2) is 11.9 Å². The van der Waals surface area contributed by atoms with Crippen LogP contribution in [0.5, 0.6) is 0 Å². The summed E-state index contributed by atoms with van der Waals surface area (Å²) >= 11 is 0. The molecule has 132 valence electrons. The van der Waals surface area contributed by atoms with Crippen molar-refractivity contribution in [2.45, 2.75) is 57.8 Å². The third kappa shape index (κ3) is 7.70. The van der Waals surface area contributed by atoms with E-state index in [-0.39, 0.29) is 30.8 Å². The van der Waals surface area contributed by atoms with Gasteiger partial charge >= 0.3 is 6.18 Å². The maximum Gasteiger partial charge on any atom is 0.416 e. The summed E-state index contributed by atoms with van der Waals surface area (Å²) in [6.45, 7) is 3.73. The molecule has 2 atom stereocenters. The molecule has 0 fully saturated rings. The number of halogens is 4. The summed E-state index contributed by atoms with van der Waals surface area (Å²) in [4.78, 5) is 11.9. The van der Waals surface area contributed by atoms with Gasteiger partial charge in [0.2, 0.25) is 5.91 Å². The van der Waals surface area contributed by atoms with Gasteiger partial charge in [-0.05, 0) is 37.5 Å². The maximum absolute atomic E-state index is 12.8. The van der Waals surface area contributed by atoms with Crippen LogP contribution in [0.2, 0.25) is 0 Å². The van der Waals surface area contributed by atoms with Crippen molar-refractivity contribution in [3.63, 3.8) is 0 Å². The smallest absolute Gasteiger partial charge is 0.349 e. The Morgan fingerprint density at radius 1 is 1.30 bits per heavy atom. The van der Waals surface area contributed by atoms with E-state index in [0.29, 0.717) is 18.4 Å². The molecule has 2 unspecified atom stereocenters. The topological polar surface area (TPSA) is 55.1 Å². The van der Waals surface area contributed by atoms with E-state index in [1.54, 1.807) is 6.07 Å². The molecule has 0 spiro atoms.